The number of nitrogens with zero attached hydrogens (tertiary/aromatic N) is 1. The van der Waals surface area contributed by atoms with E-state index in [0.29, 0.717) is 32.8 Å². The van der Waals surface area contributed by atoms with Crippen LogP contribution in [-0.2, 0) is 22.6 Å². The number of hydrogen-bond donors (Lipinski definition) is 1. The molecule has 0 bridgehead atoms. The second-order valence-electron chi connectivity index (χ2n) is 8.37. The Morgan fingerprint density at radius 2 is 1.63 bits per heavy atom. The number of carbonyl (C=O) groups is 2. The predicted octanol–water partition coefficient (Wildman–Crippen LogP) is 6.19. The molecule has 0 saturated carbocycles. The highest BCUT2D eigenvalue weighted by Crippen LogP contribution is 2.24. The van der Waals surface area contributed by atoms with Gasteiger partial charge in [-0.15, -0.1) is 0 Å². The average molecular weight is 534 g/mol. The number of nitrogens with one attached hydrogen (secondary N) is 1. The van der Waals surface area contributed by atoms with Crippen LogP contribution < -0.4 is 10.1 Å². The van der Waals surface area contributed by atoms with Gasteiger partial charge in [0, 0.05) is 34.1 Å². The highest BCUT2D eigenvalue weighted by Gasteiger charge is 2.31. The second-order valence-corrected chi connectivity index (χ2v) is 9.65. The number of amides is 2. The molecule has 0 aliphatic carbocycles. The molecular weight excluding hydrogens is 507 g/mol. The molecule has 0 heterocycles. The number of rotatable bonds is 10. The fraction of sp³-hybridized carbons (Fsp3) is 0.259. The Kier molecular flexibility index (Phi) is 9.84. The molecule has 184 valence electrons. The van der Waals surface area contributed by atoms with Gasteiger partial charge in [0.05, 0.1) is 0 Å². The largest absolute Gasteiger partial charge is 0.484 e. The third-order valence-corrected chi connectivity index (χ3v) is 6.04. The van der Waals surface area contributed by atoms with Gasteiger partial charge in [0.1, 0.15) is 11.8 Å². The Hall–Kier alpha value is -2.73. The zero-order valence-electron chi connectivity index (χ0n) is 19.5. The van der Waals surface area contributed by atoms with Gasteiger partial charge in [-0.3, -0.25) is 9.59 Å². The van der Waals surface area contributed by atoms with Crippen LogP contribution in [0, 0.1) is 0 Å². The summed E-state index contributed by atoms with van der Waals surface area (Å²) in [7, 11) is 0. The summed E-state index contributed by atoms with van der Waals surface area (Å²) < 4.78 is 5.72. The Labute approximate surface area is 220 Å². The van der Waals surface area contributed by atoms with E-state index in [-0.39, 0.29) is 31.0 Å². The standard InChI is InChI=1S/C27H27Cl3N2O3/c1-18(2)31-27(34)25(13-19-7-4-3-5-8-19)32(16-20-11-12-22(29)15-24(20)30)26(33)17-35-23-10-6-9-21(28)14-23/h3-12,14-15,18,25H,13,16-17H2,1-2H3,(H,31,34)/t25-/m1/s1. The molecule has 0 aromatic heterocycles. The van der Waals surface area contributed by atoms with Crippen molar-refractivity contribution in [2.24, 2.45) is 0 Å². The number of benzene rings is 3. The third kappa shape index (κ3) is 8.17. The SMILES string of the molecule is CC(C)NC(=O)[C@@H](Cc1ccccc1)N(Cc1ccc(Cl)cc1Cl)C(=O)COc1cccc(Cl)c1. The van der Waals surface area contributed by atoms with Crippen molar-refractivity contribution in [3.63, 3.8) is 0 Å². The molecule has 1 N–H and O–H groups in total. The molecule has 35 heavy (non-hydrogen) atoms. The lowest BCUT2D eigenvalue weighted by Gasteiger charge is -2.32. The van der Waals surface area contributed by atoms with Gasteiger partial charge in [-0.25, -0.2) is 0 Å². The molecule has 8 heteroatoms. The van der Waals surface area contributed by atoms with Gasteiger partial charge >= 0.3 is 0 Å². The fourth-order valence-corrected chi connectivity index (χ4v) is 4.20. The molecule has 0 aliphatic rings. The van der Waals surface area contributed by atoms with Crippen LogP contribution in [0.25, 0.3) is 0 Å². The molecule has 0 radical (unpaired) electrons. The first-order chi connectivity index (χ1) is 16.7. The van der Waals surface area contributed by atoms with Crippen molar-refractivity contribution < 1.29 is 14.3 Å². The first kappa shape index (κ1) is 26.9. The van der Waals surface area contributed by atoms with Crippen molar-refractivity contribution in [2.75, 3.05) is 6.61 Å². The van der Waals surface area contributed by atoms with E-state index >= 15 is 0 Å². The number of hydrogen-bond acceptors (Lipinski definition) is 3. The predicted molar refractivity (Wildman–Crippen MR) is 141 cm³/mol. The molecule has 0 spiro atoms. The summed E-state index contributed by atoms with van der Waals surface area (Å²) in [6, 6.07) is 20.5. The van der Waals surface area contributed by atoms with Crippen LogP contribution in [0.2, 0.25) is 15.1 Å². The molecule has 3 rings (SSSR count). The van der Waals surface area contributed by atoms with Crippen molar-refractivity contribution in [2.45, 2.75) is 38.9 Å². The fourth-order valence-electron chi connectivity index (χ4n) is 3.55. The zero-order chi connectivity index (χ0) is 25.4. The van der Waals surface area contributed by atoms with Gasteiger partial charge < -0.3 is 15.0 Å². The normalized spacial score (nSPS) is 11.7. The summed E-state index contributed by atoms with van der Waals surface area (Å²) in [4.78, 5) is 28.4. The molecule has 3 aromatic rings. The summed E-state index contributed by atoms with van der Waals surface area (Å²) in [5, 5.41) is 4.34. The van der Waals surface area contributed by atoms with Crippen molar-refractivity contribution in [3.05, 3.63) is 99.0 Å². The number of halogens is 3. The smallest absolute Gasteiger partial charge is 0.261 e. The second kappa shape index (κ2) is 12.8. The van der Waals surface area contributed by atoms with E-state index in [2.05, 4.69) is 5.32 Å². The molecule has 0 unspecified atom stereocenters. The van der Waals surface area contributed by atoms with Gasteiger partial charge in [-0.1, -0.05) is 77.3 Å². The highest BCUT2D eigenvalue weighted by molar-refractivity contribution is 6.35. The third-order valence-electron chi connectivity index (χ3n) is 5.22. The Bertz CT molecular complexity index is 1160. The topological polar surface area (TPSA) is 58.6 Å². The van der Waals surface area contributed by atoms with Gasteiger partial charge in [0.2, 0.25) is 5.91 Å². The highest BCUT2D eigenvalue weighted by atomic mass is 35.5. The molecule has 2 amide bonds. The summed E-state index contributed by atoms with van der Waals surface area (Å²) in [6.07, 6.45) is 0.327. The minimum Gasteiger partial charge on any atom is -0.484 e. The summed E-state index contributed by atoms with van der Waals surface area (Å²) in [6.45, 7) is 3.59. The van der Waals surface area contributed by atoms with E-state index in [0.717, 1.165) is 5.56 Å². The first-order valence-corrected chi connectivity index (χ1v) is 12.3. The Morgan fingerprint density at radius 1 is 0.914 bits per heavy atom. The van der Waals surface area contributed by atoms with Gasteiger partial charge in [0.25, 0.3) is 5.91 Å². The van der Waals surface area contributed by atoms with E-state index in [1.807, 2.05) is 44.2 Å². The summed E-state index contributed by atoms with van der Waals surface area (Å²) >= 11 is 18.5. The van der Waals surface area contributed by atoms with E-state index < -0.39 is 6.04 Å². The van der Waals surface area contributed by atoms with Gasteiger partial charge in [0.15, 0.2) is 6.61 Å². The Morgan fingerprint density at radius 3 is 2.29 bits per heavy atom. The molecule has 0 aliphatic heterocycles. The number of ether oxygens (including phenoxy) is 1. The zero-order valence-corrected chi connectivity index (χ0v) is 21.8. The van der Waals surface area contributed by atoms with Crippen molar-refractivity contribution in [3.8, 4) is 5.75 Å². The van der Waals surface area contributed by atoms with Crippen LogP contribution >= 0.6 is 34.8 Å². The van der Waals surface area contributed by atoms with Gasteiger partial charge in [-0.2, -0.15) is 0 Å². The Balaban J connectivity index is 1.94. The van der Waals surface area contributed by atoms with Crippen molar-refractivity contribution in [1.82, 2.24) is 10.2 Å². The minimum atomic E-state index is -0.790. The lowest BCUT2D eigenvalue weighted by molar-refractivity contribution is -0.143. The lowest BCUT2D eigenvalue weighted by atomic mass is 10.0. The summed E-state index contributed by atoms with van der Waals surface area (Å²) in [5.41, 5.74) is 1.59. The van der Waals surface area contributed by atoms with Crippen LogP contribution in [0.4, 0.5) is 0 Å². The van der Waals surface area contributed by atoms with Crippen molar-refractivity contribution >= 4 is 46.6 Å². The molecule has 0 saturated heterocycles. The van der Waals surface area contributed by atoms with Crippen LogP contribution in [0.1, 0.15) is 25.0 Å². The van der Waals surface area contributed by atoms with Crippen LogP contribution in [0.15, 0.2) is 72.8 Å². The van der Waals surface area contributed by atoms with E-state index in [1.165, 1.54) is 4.90 Å². The van der Waals surface area contributed by atoms with Gasteiger partial charge in [-0.05, 0) is 55.3 Å². The lowest BCUT2D eigenvalue weighted by Crippen LogP contribution is -2.52. The average Bonchev–Trinajstić information content (AvgIpc) is 2.81. The molecular formula is C27H27Cl3N2O3. The maximum absolute atomic E-state index is 13.5. The van der Waals surface area contributed by atoms with E-state index in [1.54, 1.807) is 42.5 Å². The molecule has 1 atom stereocenters. The van der Waals surface area contributed by atoms with Crippen LogP contribution in [0.5, 0.6) is 5.75 Å². The molecule has 3 aromatic carbocycles. The van der Waals surface area contributed by atoms with E-state index in [4.69, 9.17) is 39.5 Å². The van der Waals surface area contributed by atoms with E-state index in [9.17, 15) is 9.59 Å². The minimum absolute atomic E-state index is 0.0976. The quantitative estimate of drug-likeness (QED) is 0.338. The van der Waals surface area contributed by atoms with Crippen LogP contribution in [-0.4, -0.2) is 35.4 Å². The van der Waals surface area contributed by atoms with Crippen molar-refractivity contribution in [1.29, 1.82) is 0 Å². The summed E-state index contributed by atoms with van der Waals surface area (Å²) in [5.74, 6) is -0.164. The molecule has 0 fully saturated rings. The van der Waals surface area contributed by atoms with Crippen LogP contribution in [0.3, 0.4) is 0 Å². The molecule has 5 nitrogen and oxygen atoms in total. The number of carbonyl (C=O) groups excluding carboxylic acids is 2. The maximum atomic E-state index is 13.5. The maximum Gasteiger partial charge on any atom is 0.261 e. The first-order valence-electron chi connectivity index (χ1n) is 11.2. The monoisotopic (exact) mass is 532 g/mol.